The van der Waals surface area contributed by atoms with E-state index in [1.54, 1.807) is 18.2 Å². The van der Waals surface area contributed by atoms with Crippen molar-refractivity contribution in [3.8, 4) is 28.6 Å². The number of halogens is 1. The molecule has 1 N–H and O–H groups in total. The maximum atomic E-state index is 13.9. The van der Waals surface area contributed by atoms with Gasteiger partial charge in [0.05, 0.1) is 28.8 Å². The van der Waals surface area contributed by atoms with Gasteiger partial charge in [-0.25, -0.2) is 12.8 Å². The van der Waals surface area contributed by atoms with Crippen LogP contribution in [0.2, 0.25) is 0 Å². The number of nitrogens with zero attached hydrogens (tertiary/aromatic N) is 3. The lowest BCUT2D eigenvalue weighted by atomic mass is 10.0. The standard InChI is InChI=1S/C26H17FN4O5S/c1-35-24-8-3-17(16-2-6-21(27)19(12-16)15-28)14-23(24)31-22-7-5-20(13-18(22)4-9-26(31)32)37(33,34)30-25-10-11-36-29-25/h2-14H,1H3,(H,29,30). The van der Waals surface area contributed by atoms with Crippen LogP contribution in [-0.4, -0.2) is 25.3 Å². The second-order valence-electron chi connectivity index (χ2n) is 7.91. The van der Waals surface area contributed by atoms with Crippen molar-refractivity contribution in [2.75, 3.05) is 11.8 Å². The van der Waals surface area contributed by atoms with Crippen LogP contribution in [0.3, 0.4) is 0 Å². The number of pyridine rings is 1. The van der Waals surface area contributed by atoms with Crippen LogP contribution in [0.4, 0.5) is 10.2 Å². The minimum absolute atomic E-state index is 0.0342. The summed E-state index contributed by atoms with van der Waals surface area (Å²) >= 11 is 0. The quantitative estimate of drug-likeness (QED) is 0.353. The summed E-state index contributed by atoms with van der Waals surface area (Å²) in [7, 11) is -2.51. The van der Waals surface area contributed by atoms with E-state index >= 15 is 0 Å². The third-order valence-electron chi connectivity index (χ3n) is 5.69. The van der Waals surface area contributed by atoms with Crippen LogP contribution in [0.25, 0.3) is 27.7 Å². The highest BCUT2D eigenvalue weighted by Gasteiger charge is 2.19. The van der Waals surface area contributed by atoms with E-state index in [0.717, 1.165) is 0 Å². The minimum atomic E-state index is -3.97. The fraction of sp³-hybridized carbons (Fsp3) is 0.0385. The van der Waals surface area contributed by atoms with Gasteiger partial charge < -0.3 is 9.26 Å². The topological polar surface area (TPSA) is 127 Å². The predicted molar refractivity (Wildman–Crippen MR) is 134 cm³/mol. The van der Waals surface area contributed by atoms with Crippen molar-refractivity contribution in [3.05, 3.63) is 101 Å². The number of benzene rings is 3. The molecule has 9 nitrogen and oxygen atoms in total. The lowest BCUT2D eigenvalue weighted by molar-refractivity contribution is 0.413. The van der Waals surface area contributed by atoms with E-state index in [1.165, 1.54) is 72.5 Å². The van der Waals surface area contributed by atoms with Crippen LogP contribution in [0, 0.1) is 17.1 Å². The van der Waals surface area contributed by atoms with Crippen LogP contribution in [0.15, 0.2) is 93.3 Å². The van der Waals surface area contributed by atoms with Gasteiger partial charge in [0.2, 0.25) is 0 Å². The maximum absolute atomic E-state index is 13.9. The molecular formula is C26H17FN4O5S. The highest BCUT2D eigenvalue weighted by Crippen LogP contribution is 2.32. The predicted octanol–water partition coefficient (Wildman–Crippen LogP) is 4.47. The molecule has 0 amide bonds. The zero-order chi connectivity index (χ0) is 26.2. The molecule has 0 bridgehead atoms. The van der Waals surface area contributed by atoms with Crippen molar-refractivity contribution in [1.82, 2.24) is 9.72 Å². The molecular weight excluding hydrogens is 499 g/mol. The summed E-state index contributed by atoms with van der Waals surface area (Å²) in [4.78, 5) is 13.0. The Labute approximate surface area is 210 Å². The molecule has 2 aromatic heterocycles. The summed E-state index contributed by atoms with van der Waals surface area (Å²) in [5.74, 6) is -0.216. The van der Waals surface area contributed by atoms with Crippen LogP contribution in [-0.2, 0) is 10.0 Å². The van der Waals surface area contributed by atoms with E-state index in [9.17, 15) is 22.9 Å². The Morgan fingerprint density at radius 3 is 2.54 bits per heavy atom. The number of hydrogen-bond acceptors (Lipinski definition) is 7. The summed E-state index contributed by atoms with van der Waals surface area (Å²) < 4.78 is 53.4. The smallest absolute Gasteiger partial charge is 0.263 e. The number of hydrogen-bond donors (Lipinski definition) is 1. The average Bonchev–Trinajstić information content (AvgIpc) is 3.40. The number of ether oxygens (including phenoxy) is 1. The molecule has 0 saturated carbocycles. The Balaban J connectivity index is 1.66. The third-order valence-corrected chi connectivity index (χ3v) is 7.05. The molecule has 0 radical (unpaired) electrons. The van der Waals surface area contributed by atoms with Crippen LogP contribution >= 0.6 is 0 Å². The van der Waals surface area contributed by atoms with Gasteiger partial charge in [0.15, 0.2) is 5.82 Å². The van der Waals surface area contributed by atoms with Gasteiger partial charge in [-0.2, -0.15) is 5.26 Å². The van der Waals surface area contributed by atoms with Crippen molar-refractivity contribution in [2.45, 2.75) is 4.90 Å². The maximum Gasteiger partial charge on any atom is 0.263 e. The zero-order valence-corrected chi connectivity index (χ0v) is 20.0. The zero-order valence-electron chi connectivity index (χ0n) is 19.2. The first-order chi connectivity index (χ1) is 17.8. The first-order valence-electron chi connectivity index (χ1n) is 10.8. The molecule has 5 aromatic rings. The largest absolute Gasteiger partial charge is 0.495 e. The molecule has 0 spiro atoms. The SMILES string of the molecule is COc1ccc(-c2ccc(F)c(C#N)c2)cc1-n1c(=O)ccc2cc(S(=O)(=O)Nc3ccon3)ccc21. The lowest BCUT2D eigenvalue weighted by Gasteiger charge is -2.16. The second kappa shape index (κ2) is 9.25. The highest BCUT2D eigenvalue weighted by atomic mass is 32.2. The fourth-order valence-electron chi connectivity index (χ4n) is 3.94. The highest BCUT2D eigenvalue weighted by molar-refractivity contribution is 7.92. The summed E-state index contributed by atoms with van der Waals surface area (Å²) in [6.07, 6.45) is 1.24. The number of nitrogens with one attached hydrogen (secondary N) is 1. The first-order valence-corrected chi connectivity index (χ1v) is 12.3. The van der Waals surface area contributed by atoms with Gasteiger partial charge in [-0.1, -0.05) is 17.3 Å². The number of methoxy groups -OCH3 is 1. The van der Waals surface area contributed by atoms with E-state index in [4.69, 9.17) is 4.74 Å². The number of sulfonamides is 1. The second-order valence-corrected chi connectivity index (χ2v) is 9.59. The van der Waals surface area contributed by atoms with Crippen LogP contribution in [0.5, 0.6) is 5.75 Å². The molecule has 0 unspecified atom stereocenters. The van der Waals surface area contributed by atoms with E-state index in [-0.39, 0.29) is 21.8 Å². The molecule has 3 aromatic carbocycles. The van der Waals surface area contributed by atoms with Gasteiger partial charge in [0, 0.05) is 17.5 Å². The Morgan fingerprint density at radius 1 is 1.03 bits per heavy atom. The van der Waals surface area contributed by atoms with Gasteiger partial charge in [-0.05, 0) is 59.7 Å². The molecule has 0 aliphatic carbocycles. The molecule has 11 heteroatoms. The van der Waals surface area contributed by atoms with Gasteiger partial charge in [-0.15, -0.1) is 0 Å². The van der Waals surface area contributed by atoms with E-state index in [0.29, 0.717) is 33.5 Å². The van der Waals surface area contributed by atoms with Crippen molar-refractivity contribution >= 4 is 26.7 Å². The summed E-state index contributed by atoms with van der Waals surface area (Å²) in [5.41, 5.74) is 1.52. The Morgan fingerprint density at radius 2 is 1.81 bits per heavy atom. The van der Waals surface area contributed by atoms with Crippen molar-refractivity contribution in [2.24, 2.45) is 0 Å². The number of rotatable bonds is 6. The molecule has 184 valence electrons. The van der Waals surface area contributed by atoms with E-state index in [2.05, 4.69) is 14.4 Å². The van der Waals surface area contributed by atoms with Crippen molar-refractivity contribution < 1.29 is 22.1 Å². The molecule has 0 fully saturated rings. The number of fused-ring (bicyclic) bond motifs is 1. The van der Waals surface area contributed by atoms with Gasteiger partial charge in [0.1, 0.15) is 23.9 Å². The van der Waals surface area contributed by atoms with Crippen LogP contribution < -0.4 is 15.0 Å². The van der Waals surface area contributed by atoms with Crippen LogP contribution in [0.1, 0.15) is 5.56 Å². The number of anilines is 1. The third kappa shape index (κ3) is 4.41. The summed E-state index contributed by atoms with van der Waals surface area (Å²) in [6.45, 7) is 0. The Bertz CT molecular complexity index is 1860. The average molecular weight is 517 g/mol. The fourth-order valence-corrected chi connectivity index (χ4v) is 4.96. The number of nitriles is 1. The van der Waals surface area contributed by atoms with Crippen molar-refractivity contribution in [1.29, 1.82) is 5.26 Å². The Hall–Kier alpha value is -4.95. The molecule has 37 heavy (non-hydrogen) atoms. The number of aromatic nitrogens is 2. The minimum Gasteiger partial charge on any atom is -0.495 e. The molecule has 0 atom stereocenters. The summed E-state index contributed by atoms with van der Waals surface area (Å²) in [6, 6.07) is 19.6. The summed E-state index contributed by atoms with van der Waals surface area (Å²) in [5, 5.41) is 13.2. The van der Waals surface area contributed by atoms with Gasteiger partial charge in [-0.3, -0.25) is 14.1 Å². The Kier molecular flexibility index (Phi) is 5.95. The molecule has 0 aliphatic heterocycles. The van der Waals surface area contributed by atoms with Gasteiger partial charge >= 0.3 is 0 Å². The molecule has 0 aliphatic rings. The molecule has 5 rings (SSSR count). The lowest BCUT2D eigenvalue weighted by Crippen LogP contribution is -2.19. The molecule has 0 saturated heterocycles. The van der Waals surface area contributed by atoms with E-state index in [1.807, 2.05) is 6.07 Å². The monoisotopic (exact) mass is 516 g/mol. The normalized spacial score (nSPS) is 11.3. The first kappa shape index (κ1) is 23.8. The van der Waals surface area contributed by atoms with E-state index < -0.39 is 15.8 Å². The van der Waals surface area contributed by atoms with Crippen molar-refractivity contribution in [3.63, 3.8) is 0 Å². The van der Waals surface area contributed by atoms with Gasteiger partial charge in [0.25, 0.3) is 15.6 Å². The molecule has 2 heterocycles.